The number of rotatable bonds is 2. The van der Waals surface area contributed by atoms with Crippen LogP contribution in [-0.2, 0) is 6.54 Å². The van der Waals surface area contributed by atoms with E-state index in [1.807, 2.05) is 28.9 Å². The highest BCUT2D eigenvalue weighted by Crippen LogP contribution is 2.36. The zero-order valence-electron chi connectivity index (χ0n) is 18.0. The van der Waals surface area contributed by atoms with Gasteiger partial charge in [0.1, 0.15) is 0 Å². The van der Waals surface area contributed by atoms with E-state index in [2.05, 4.69) is 66.8 Å². The monoisotopic (exact) mass is 434 g/mol. The summed E-state index contributed by atoms with van der Waals surface area (Å²) in [4.78, 5) is 2.56. The highest BCUT2D eigenvalue weighted by atomic mass is 15.5. The van der Waals surface area contributed by atoms with Crippen molar-refractivity contribution < 1.29 is 0 Å². The zero-order chi connectivity index (χ0) is 21.9. The van der Waals surface area contributed by atoms with Crippen molar-refractivity contribution in [3.8, 4) is 34.4 Å². The van der Waals surface area contributed by atoms with Crippen LogP contribution in [0.25, 0.3) is 28.3 Å². The highest BCUT2D eigenvalue weighted by Gasteiger charge is 2.37. The van der Waals surface area contributed by atoms with Crippen LogP contribution < -0.4 is 10.2 Å². The fourth-order valence-corrected chi connectivity index (χ4v) is 5.69. The van der Waals surface area contributed by atoms with Crippen molar-refractivity contribution in [1.82, 2.24) is 30.1 Å². The summed E-state index contributed by atoms with van der Waals surface area (Å²) in [5.41, 5.74) is 7.31. The summed E-state index contributed by atoms with van der Waals surface area (Å²) in [5, 5.41) is 25.4. The fraction of sp³-hybridized carbons (Fsp3) is 0.280. The molecule has 2 saturated heterocycles. The first-order valence-corrected chi connectivity index (χ1v) is 11.4. The summed E-state index contributed by atoms with van der Waals surface area (Å²) in [6, 6.07) is 19.9. The van der Waals surface area contributed by atoms with E-state index in [-0.39, 0.29) is 0 Å². The van der Waals surface area contributed by atoms with E-state index in [0.717, 1.165) is 48.0 Å². The van der Waals surface area contributed by atoms with Gasteiger partial charge in [0.05, 0.1) is 23.0 Å². The average Bonchev–Trinajstić information content (AvgIpc) is 3.62. The largest absolute Gasteiger partial charge is 0.367 e. The molecular formula is C25H22N8. The Labute approximate surface area is 191 Å². The maximum atomic E-state index is 9.11. The number of anilines is 1. The summed E-state index contributed by atoms with van der Waals surface area (Å²) in [7, 11) is 0. The van der Waals surface area contributed by atoms with Gasteiger partial charge in [0, 0.05) is 42.6 Å². The second-order valence-electron chi connectivity index (χ2n) is 9.06. The van der Waals surface area contributed by atoms with E-state index in [1.165, 1.54) is 24.1 Å². The lowest BCUT2D eigenvalue weighted by molar-refractivity contribution is 0.601. The Balaban J connectivity index is 1.31. The third-order valence-electron chi connectivity index (χ3n) is 7.30. The van der Waals surface area contributed by atoms with Crippen LogP contribution in [0.5, 0.6) is 0 Å². The van der Waals surface area contributed by atoms with Crippen LogP contribution in [0, 0.1) is 11.3 Å². The van der Waals surface area contributed by atoms with Crippen molar-refractivity contribution in [3.05, 3.63) is 65.9 Å². The molecule has 0 spiro atoms. The Kier molecular flexibility index (Phi) is 3.96. The van der Waals surface area contributed by atoms with Crippen molar-refractivity contribution >= 4 is 5.69 Å². The lowest BCUT2D eigenvalue weighted by Crippen LogP contribution is -2.34. The van der Waals surface area contributed by atoms with E-state index >= 15 is 0 Å². The van der Waals surface area contributed by atoms with Gasteiger partial charge >= 0.3 is 0 Å². The van der Waals surface area contributed by atoms with Crippen molar-refractivity contribution in [2.24, 2.45) is 0 Å². The number of nitrogens with zero attached hydrogens (tertiary/aromatic N) is 7. The topological polar surface area (TPSA) is 87.6 Å². The number of hydrogen-bond acceptors (Lipinski definition) is 6. The Morgan fingerprint density at radius 3 is 2.82 bits per heavy atom. The number of aromatic nitrogens is 5. The zero-order valence-corrected chi connectivity index (χ0v) is 18.0. The first kappa shape index (κ1) is 18.6. The molecule has 3 aliphatic heterocycles. The summed E-state index contributed by atoms with van der Waals surface area (Å²) < 4.78 is 4.08. The van der Waals surface area contributed by atoms with E-state index in [9.17, 15) is 0 Å². The maximum absolute atomic E-state index is 9.11. The molecule has 0 saturated carbocycles. The number of benzene rings is 2. The second kappa shape index (κ2) is 7.02. The molecule has 33 heavy (non-hydrogen) atoms. The Bertz CT molecular complexity index is 1410. The van der Waals surface area contributed by atoms with Crippen molar-refractivity contribution in [3.63, 3.8) is 0 Å². The van der Waals surface area contributed by atoms with Crippen molar-refractivity contribution in [1.29, 1.82) is 5.26 Å². The predicted molar refractivity (Wildman–Crippen MR) is 124 cm³/mol. The lowest BCUT2D eigenvalue weighted by atomic mass is 10.1. The summed E-state index contributed by atoms with van der Waals surface area (Å²) in [6.07, 6.45) is 4.56. The SMILES string of the molecule is N#Cc1ccc(-c2cc3n(c2)Cc2cc(N4CC[C@H]5NCCC54)ccc2-n2nnnc2-3)cc1. The van der Waals surface area contributed by atoms with Gasteiger partial charge in [0.25, 0.3) is 0 Å². The van der Waals surface area contributed by atoms with Crippen LogP contribution in [0.3, 0.4) is 0 Å². The minimum atomic E-state index is 0.586. The molecule has 3 aliphatic rings. The molecule has 8 nitrogen and oxygen atoms in total. The quantitative estimate of drug-likeness (QED) is 0.460. The van der Waals surface area contributed by atoms with E-state index in [1.54, 1.807) is 0 Å². The number of nitriles is 1. The number of hydrogen-bond donors (Lipinski definition) is 1. The molecule has 0 aliphatic carbocycles. The fourth-order valence-electron chi connectivity index (χ4n) is 5.69. The Morgan fingerprint density at radius 2 is 1.94 bits per heavy atom. The molecule has 2 atom stereocenters. The summed E-state index contributed by atoms with van der Waals surface area (Å²) in [6.45, 7) is 2.94. The van der Waals surface area contributed by atoms with Gasteiger partial charge in [0.15, 0.2) is 0 Å². The van der Waals surface area contributed by atoms with E-state index in [4.69, 9.17) is 5.26 Å². The summed E-state index contributed by atoms with van der Waals surface area (Å²) >= 11 is 0. The molecular weight excluding hydrogens is 412 g/mol. The van der Waals surface area contributed by atoms with Crippen molar-refractivity contribution in [2.45, 2.75) is 31.5 Å². The van der Waals surface area contributed by atoms with Gasteiger partial charge in [-0.15, -0.1) is 5.10 Å². The van der Waals surface area contributed by atoms with Crippen LogP contribution >= 0.6 is 0 Å². The van der Waals surface area contributed by atoms with Crippen LogP contribution in [0.15, 0.2) is 54.7 Å². The number of tetrazole rings is 1. The summed E-state index contributed by atoms with van der Waals surface area (Å²) in [5.74, 6) is 0.739. The van der Waals surface area contributed by atoms with Crippen LogP contribution in [0.2, 0.25) is 0 Å². The standard InChI is InChI=1S/C25H22N8/c26-13-16-1-3-17(4-2-16)18-12-24-25-28-29-30-33(25)22-6-5-20(11-19(22)15-31(24)14-18)32-10-8-21-23(32)7-9-27-21/h1-6,11-12,14,21,23,27H,7-10,15H2/t21-,23?/m1/s1. The average molecular weight is 435 g/mol. The molecule has 4 aromatic rings. The molecule has 7 rings (SSSR count). The smallest absolute Gasteiger partial charge is 0.203 e. The Morgan fingerprint density at radius 1 is 1.03 bits per heavy atom. The minimum absolute atomic E-state index is 0.586. The molecule has 162 valence electrons. The van der Waals surface area contributed by atoms with Crippen molar-refractivity contribution in [2.75, 3.05) is 18.0 Å². The van der Waals surface area contributed by atoms with Crippen LogP contribution in [0.4, 0.5) is 5.69 Å². The minimum Gasteiger partial charge on any atom is -0.367 e. The molecule has 1 N–H and O–H groups in total. The second-order valence-corrected chi connectivity index (χ2v) is 9.06. The highest BCUT2D eigenvalue weighted by molar-refractivity contribution is 5.72. The van der Waals surface area contributed by atoms with Gasteiger partial charge in [-0.2, -0.15) is 9.94 Å². The predicted octanol–water partition coefficient (Wildman–Crippen LogP) is 2.97. The number of nitrogens with one attached hydrogen (secondary N) is 1. The van der Waals surface area contributed by atoms with Gasteiger partial charge in [-0.05, 0) is 77.3 Å². The van der Waals surface area contributed by atoms with E-state index < -0.39 is 0 Å². The first-order chi connectivity index (χ1) is 16.3. The molecule has 0 radical (unpaired) electrons. The molecule has 1 unspecified atom stereocenters. The molecule has 8 heteroatoms. The third kappa shape index (κ3) is 2.82. The molecule has 2 aromatic heterocycles. The van der Waals surface area contributed by atoms with Gasteiger partial charge < -0.3 is 14.8 Å². The van der Waals surface area contributed by atoms with E-state index in [0.29, 0.717) is 17.6 Å². The molecule has 5 heterocycles. The maximum Gasteiger partial charge on any atom is 0.203 e. The lowest BCUT2D eigenvalue weighted by Gasteiger charge is -2.26. The first-order valence-electron chi connectivity index (χ1n) is 11.4. The van der Waals surface area contributed by atoms with Crippen LogP contribution in [-0.4, -0.2) is 49.9 Å². The molecule has 0 bridgehead atoms. The normalized spacial score (nSPS) is 20.5. The van der Waals surface area contributed by atoms with Crippen LogP contribution in [0.1, 0.15) is 24.0 Å². The third-order valence-corrected chi connectivity index (χ3v) is 7.30. The Hall–Kier alpha value is -3.96. The van der Waals surface area contributed by atoms with Gasteiger partial charge in [-0.25, -0.2) is 0 Å². The molecule has 2 fully saturated rings. The van der Waals surface area contributed by atoms with Gasteiger partial charge in [-0.1, -0.05) is 12.1 Å². The molecule has 0 amide bonds. The number of fused-ring (bicyclic) bond motifs is 6. The van der Waals surface area contributed by atoms with Gasteiger partial charge in [0.2, 0.25) is 5.82 Å². The van der Waals surface area contributed by atoms with Gasteiger partial charge in [-0.3, -0.25) is 0 Å². The molecule has 2 aromatic carbocycles.